The number of alkyl halides is 7. The highest BCUT2D eigenvalue weighted by Gasteiger charge is 2.77. The van der Waals surface area contributed by atoms with Gasteiger partial charge >= 0.3 is 36.1 Å². The summed E-state index contributed by atoms with van der Waals surface area (Å²) in [5.74, 6) is -15.6. The molecule has 0 aromatic carbocycles. The van der Waals surface area contributed by atoms with Crippen LogP contribution in [0.15, 0.2) is 0 Å². The van der Waals surface area contributed by atoms with E-state index in [2.05, 4.69) is 16.6 Å². The summed E-state index contributed by atoms with van der Waals surface area (Å²) in [6.45, 7) is 12.0. The van der Waals surface area contributed by atoms with Crippen LogP contribution in [0, 0.1) is 0 Å². The number of morpholine rings is 1. The first-order chi connectivity index (χ1) is 22.9. The van der Waals surface area contributed by atoms with Crippen molar-refractivity contribution in [2.45, 2.75) is 141 Å². The minimum absolute atomic E-state index is 0.0313. The molecule has 2 aliphatic heterocycles. The summed E-state index contributed by atoms with van der Waals surface area (Å²) in [7, 11) is 0. The molecule has 2 fully saturated rings. The topological polar surface area (TPSA) is 94.6 Å². The number of rotatable bonds is 18. The fourth-order valence-electron chi connectivity index (χ4n) is 4.83. The lowest BCUT2D eigenvalue weighted by Crippen LogP contribution is -2.57. The molecule has 0 aromatic heterocycles. The number of esters is 2. The number of likely N-dealkylation sites (tertiary alicyclic amines) is 1. The Balaban J connectivity index is 0.000000500. The molecule has 288 valence electrons. The smallest absolute Gasteiger partial charge is 0.460 e. The number of ether oxygens (including phenoxy) is 4. The molecule has 2 heterocycles. The largest absolute Gasteiger partial charge is 0.464 e. The molecule has 0 N–H and O–H groups in total. The zero-order chi connectivity index (χ0) is 37.1. The van der Waals surface area contributed by atoms with Crippen LogP contribution in [0.2, 0.25) is 0 Å². The van der Waals surface area contributed by atoms with Crippen molar-refractivity contribution in [3.8, 4) is 0 Å². The van der Waals surface area contributed by atoms with Crippen LogP contribution in [0.3, 0.4) is 0 Å². The van der Waals surface area contributed by atoms with Gasteiger partial charge in [-0.3, -0.25) is 9.69 Å². The van der Waals surface area contributed by atoms with Gasteiger partial charge in [0.1, 0.15) is 18.3 Å². The highest BCUT2D eigenvalue weighted by Crippen LogP contribution is 2.47. The highest BCUT2D eigenvalue weighted by atomic mass is 19.4. The van der Waals surface area contributed by atoms with Crippen LogP contribution in [-0.2, 0) is 28.5 Å². The number of carbonyl (C=O) groups excluding carboxylic acids is 3. The van der Waals surface area contributed by atoms with E-state index in [1.54, 1.807) is 20.8 Å². The maximum absolute atomic E-state index is 13.2. The summed E-state index contributed by atoms with van der Waals surface area (Å²) >= 11 is 0. The Morgan fingerprint density at radius 2 is 1.31 bits per heavy atom. The van der Waals surface area contributed by atoms with E-state index in [1.807, 2.05) is 0 Å². The molecule has 0 aromatic rings. The van der Waals surface area contributed by atoms with Crippen molar-refractivity contribution >= 4 is 18.0 Å². The van der Waals surface area contributed by atoms with E-state index in [1.165, 1.54) is 49.8 Å². The van der Waals surface area contributed by atoms with Gasteiger partial charge in [-0.1, -0.05) is 65.2 Å². The number of halogens is 7. The summed E-state index contributed by atoms with van der Waals surface area (Å²) < 4.78 is 108. The number of piperidine rings is 1. The van der Waals surface area contributed by atoms with Gasteiger partial charge in [0.25, 0.3) is 0 Å². The van der Waals surface area contributed by atoms with Gasteiger partial charge in [0.15, 0.2) is 0 Å². The summed E-state index contributed by atoms with van der Waals surface area (Å²) in [4.78, 5) is 38.3. The van der Waals surface area contributed by atoms with Crippen molar-refractivity contribution in [3.05, 3.63) is 0 Å². The third-order valence-corrected chi connectivity index (χ3v) is 8.45. The molecule has 0 saturated carbocycles. The van der Waals surface area contributed by atoms with E-state index in [-0.39, 0.29) is 31.9 Å². The second-order valence-corrected chi connectivity index (χ2v) is 13.0. The average molecular weight is 725 g/mol. The van der Waals surface area contributed by atoms with Crippen LogP contribution in [0.25, 0.3) is 0 Å². The molecule has 2 saturated heterocycles. The first kappa shape index (κ1) is 44.7. The van der Waals surface area contributed by atoms with Gasteiger partial charge in [-0.15, -0.1) is 0 Å². The molecule has 0 bridgehead atoms. The summed E-state index contributed by atoms with van der Waals surface area (Å²) in [5.41, 5.74) is -0.744. The predicted octanol–water partition coefficient (Wildman–Crippen LogP) is 7.93. The van der Waals surface area contributed by atoms with Gasteiger partial charge in [-0.05, 0) is 26.7 Å². The molecule has 0 radical (unpaired) electrons. The predicted molar refractivity (Wildman–Crippen MR) is 168 cm³/mol. The number of amides is 1. The lowest BCUT2D eigenvalue weighted by Gasteiger charge is -2.34. The Labute approximate surface area is 285 Å². The number of nitrogens with zero attached hydrogens (tertiary/aromatic N) is 2. The van der Waals surface area contributed by atoms with E-state index < -0.39 is 41.8 Å². The summed E-state index contributed by atoms with van der Waals surface area (Å²) in [5, 5.41) is 0. The van der Waals surface area contributed by atoms with E-state index in [0.717, 1.165) is 45.7 Å². The second kappa shape index (κ2) is 21.8. The number of hydrogen-bond acceptors (Lipinski definition) is 8. The zero-order valence-corrected chi connectivity index (χ0v) is 29.3. The molecular formula is C33H55F7N2O7. The van der Waals surface area contributed by atoms with Gasteiger partial charge < -0.3 is 23.8 Å². The Morgan fingerprint density at radius 3 is 1.82 bits per heavy atom. The lowest BCUT2D eigenvalue weighted by atomic mass is 10.1. The van der Waals surface area contributed by atoms with Gasteiger partial charge in [0.05, 0.1) is 13.2 Å². The molecule has 49 heavy (non-hydrogen) atoms. The Morgan fingerprint density at radius 1 is 0.776 bits per heavy atom. The van der Waals surface area contributed by atoms with E-state index in [4.69, 9.17) is 14.2 Å². The first-order valence-corrected chi connectivity index (χ1v) is 17.3. The normalized spacial score (nSPS) is 16.8. The van der Waals surface area contributed by atoms with Crippen molar-refractivity contribution in [1.82, 2.24) is 9.80 Å². The van der Waals surface area contributed by atoms with E-state index in [9.17, 15) is 45.1 Å². The third-order valence-electron chi connectivity index (χ3n) is 8.45. The third kappa shape index (κ3) is 16.5. The monoisotopic (exact) mass is 724 g/mol. The van der Waals surface area contributed by atoms with Gasteiger partial charge in [-0.2, -0.15) is 30.7 Å². The van der Waals surface area contributed by atoms with Gasteiger partial charge in [0.2, 0.25) is 0 Å². The number of unbranched alkanes of at least 4 members (excludes halogenated alkanes) is 8. The van der Waals surface area contributed by atoms with Crippen LogP contribution in [0.4, 0.5) is 35.5 Å². The zero-order valence-electron chi connectivity index (χ0n) is 29.3. The number of carbonyl (C=O) groups is 3. The standard InChI is InChI=1S/C18H35NO3.C15H20F7NO4/c1-2-3-4-5-6-7-8-9-10-11-18(20)22-17-14-19-12-15-21-16-13-19;1-4-12(2,3)27-11(25)23-7-5-9(6-8-23)26-10(24)13(16,17)14(18,19)15(20,21)22/h2-17H2,1H3;9H,4-8H2,1-3H3. The lowest BCUT2D eigenvalue weighted by molar-refractivity contribution is -0.349. The van der Waals surface area contributed by atoms with Gasteiger partial charge in [0, 0.05) is 52.0 Å². The fraction of sp³-hybridized carbons (Fsp3) is 0.909. The van der Waals surface area contributed by atoms with Crippen LogP contribution >= 0.6 is 0 Å². The van der Waals surface area contributed by atoms with Crippen LogP contribution in [-0.4, -0.2) is 110 Å². The molecular weight excluding hydrogens is 669 g/mol. The molecule has 0 spiro atoms. The second-order valence-electron chi connectivity index (χ2n) is 13.0. The molecule has 0 aliphatic carbocycles. The van der Waals surface area contributed by atoms with Gasteiger partial charge in [-0.25, -0.2) is 9.59 Å². The Hall–Kier alpha value is -2.36. The SMILES string of the molecule is CCC(C)(C)OC(=O)N1CCC(OC(=O)C(F)(F)C(F)(F)C(F)(F)F)CC1.CCCCCCCCCCCC(=O)OCCN1CCOCC1. The molecule has 2 aliphatic rings. The van der Waals surface area contributed by atoms with Crippen molar-refractivity contribution in [2.75, 3.05) is 52.5 Å². The molecule has 0 atom stereocenters. The minimum Gasteiger partial charge on any atom is -0.464 e. The Bertz CT molecular complexity index is 970. The van der Waals surface area contributed by atoms with Crippen molar-refractivity contribution in [1.29, 1.82) is 0 Å². The summed E-state index contributed by atoms with van der Waals surface area (Å²) in [6, 6.07) is 0. The first-order valence-electron chi connectivity index (χ1n) is 17.3. The highest BCUT2D eigenvalue weighted by molar-refractivity contribution is 5.79. The Kier molecular flexibility index (Phi) is 19.8. The van der Waals surface area contributed by atoms with Crippen molar-refractivity contribution in [3.63, 3.8) is 0 Å². The maximum Gasteiger partial charge on any atom is 0.460 e. The molecule has 1 amide bonds. The number of hydrogen-bond donors (Lipinski definition) is 0. The van der Waals surface area contributed by atoms with Crippen LogP contribution in [0.1, 0.15) is 111 Å². The molecule has 0 unspecified atom stereocenters. The van der Waals surface area contributed by atoms with E-state index >= 15 is 0 Å². The van der Waals surface area contributed by atoms with Crippen LogP contribution in [0.5, 0.6) is 0 Å². The van der Waals surface area contributed by atoms with E-state index in [0.29, 0.717) is 19.4 Å². The van der Waals surface area contributed by atoms with Crippen molar-refractivity contribution < 1.29 is 64.1 Å². The van der Waals surface area contributed by atoms with Crippen molar-refractivity contribution in [2.24, 2.45) is 0 Å². The molecule has 9 nitrogen and oxygen atoms in total. The molecule has 16 heteroatoms. The minimum atomic E-state index is -6.62. The van der Waals surface area contributed by atoms with Crippen LogP contribution < -0.4 is 0 Å². The maximum atomic E-state index is 13.2. The average Bonchev–Trinajstić information content (AvgIpc) is 3.04. The summed E-state index contributed by atoms with van der Waals surface area (Å²) in [6.07, 6.45) is 3.56. The molecule has 2 rings (SSSR count). The fourth-order valence-corrected chi connectivity index (χ4v) is 4.83. The quantitative estimate of drug-likeness (QED) is 0.0609.